The minimum atomic E-state index is -0.513. The van der Waals surface area contributed by atoms with E-state index >= 15 is 0 Å². The Morgan fingerprint density at radius 1 is 1.67 bits per heavy atom. The molecule has 0 aromatic carbocycles. The Balaban J connectivity index is 1.90. The number of hydrogen-bond acceptors (Lipinski definition) is 3. The first-order chi connectivity index (χ1) is 7.25. The first-order valence-electron chi connectivity index (χ1n) is 4.93. The lowest BCUT2D eigenvalue weighted by Gasteiger charge is -2.11. The van der Waals surface area contributed by atoms with Crippen molar-refractivity contribution in [2.45, 2.75) is 18.9 Å². The van der Waals surface area contributed by atoms with Gasteiger partial charge in [-0.25, -0.2) is 4.98 Å². The van der Waals surface area contributed by atoms with Crippen molar-refractivity contribution in [3.63, 3.8) is 0 Å². The zero-order chi connectivity index (χ0) is 10.7. The highest BCUT2D eigenvalue weighted by atomic mass is 79.9. The van der Waals surface area contributed by atoms with E-state index in [0.717, 1.165) is 13.0 Å². The van der Waals surface area contributed by atoms with E-state index in [0.29, 0.717) is 22.9 Å². The van der Waals surface area contributed by atoms with Crippen molar-refractivity contribution in [2.75, 3.05) is 13.2 Å². The smallest absolute Gasteiger partial charge is 0.227 e. The fourth-order valence-electron chi connectivity index (χ4n) is 1.58. The van der Waals surface area contributed by atoms with E-state index in [-0.39, 0.29) is 0 Å². The Morgan fingerprint density at radius 3 is 3.20 bits per heavy atom. The molecule has 0 aliphatic carbocycles. The standard InChI is InChI=1S/C10H12BrFN2O/c11-9-4-8(5-14-10(9)12)15-6-7-2-1-3-13-7/h4-5,7,13H,1-3,6H2/t7-/m0/s1. The van der Waals surface area contributed by atoms with Crippen molar-refractivity contribution >= 4 is 15.9 Å². The van der Waals surface area contributed by atoms with Gasteiger partial charge < -0.3 is 10.1 Å². The van der Waals surface area contributed by atoms with Gasteiger partial charge in [-0.1, -0.05) is 0 Å². The Hall–Kier alpha value is -0.680. The highest BCUT2D eigenvalue weighted by Gasteiger charge is 2.14. The summed E-state index contributed by atoms with van der Waals surface area (Å²) in [4.78, 5) is 3.56. The maximum absolute atomic E-state index is 12.8. The van der Waals surface area contributed by atoms with Gasteiger partial charge in [-0.15, -0.1) is 0 Å². The first kappa shape index (κ1) is 10.8. The molecule has 1 saturated heterocycles. The van der Waals surface area contributed by atoms with Gasteiger partial charge in [0.15, 0.2) is 0 Å². The molecule has 82 valence electrons. The SMILES string of the molecule is Fc1ncc(OC[C@@H]2CCCN2)cc1Br. The molecule has 0 radical (unpaired) electrons. The summed E-state index contributed by atoms with van der Waals surface area (Å²) in [5.41, 5.74) is 0. The van der Waals surface area contributed by atoms with Crippen LogP contribution in [0.2, 0.25) is 0 Å². The fourth-order valence-corrected chi connectivity index (χ4v) is 1.91. The topological polar surface area (TPSA) is 34.1 Å². The third-order valence-corrected chi connectivity index (χ3v) is 2.94. The summed E-state index contributed by atoms with van der Waals surface area (Å²) in [6.45, 7) is 1.67. The van der Waals surface area contributed by atoms with Crippen molar-refractivity contribution in [3.05, 3.63) is 22.7 Å². The largest absolute Gasteiger partial charge is 0.490 e. The number of nitrogens with zero attached hydrogens (tertiary/aromatic N) is 1. The zero-order valence-electron chi connectivity index (χ0n) is 8.17. The molecule has 2 heterocycles. The van der Waals surface area contributed by atoms with Crippen LogP contribution in [0.4, 0.5) is 4.39 Å². The van der Waals surface area contributed by atoms with Gasteiger partial charge in [0.2, 0.25) is 5.95 Å². The molecule has 1 aliphatic heterocycles. The van der Waals surface area contributed by atoms with Crippen LogP contribution in [0.25, 0.3) is 0 Å². The first-order valence-corrected chi connectivity index (χ1v) is 5.72. The Bertz CT molecular complexity index is 342. The van der Waals surface area contributed by atoms with E-state index in [2.05, 4.69) is 26.2 Å². The lowest BCUT2D eigenvalue weighted by molar-refractivity contribution is 0.275. The number of ether oxygens (including phenoxy) is 1. The number of halogens is 2. The van der Waals surface area contributed by atoms with Crippen LogP contribution in [-0.2, 0) is 0 Å². The summed E-state index contributed by atoms with van der Waals surface area (Å²) in [5, 5.41) is 3.32. The van der Waals surface area contributed by atoms with Gasteiger partial charge in [0.25, 0.3) is 0 Å². The minimum absolute atomic E-state index is 0.333. The summed E-state index contributed by atoms with van der Waals surface area (Å²) in [6.07, 6.45) is 3.73. The molecule has 3 nitrogen and oxygen atoms in total. The summed E-state index contributed by atoms with van der Waals surface area (Å²) >= 11 is 3.07. The van der Waals surface area contributed by atoms with E-state index in [1.54, 1.807) is 6.07 Å². The van der Waals surface area contributed by atoms with Gasteiger partial charge in [0, 0.05) is 12.1 Å². The monoisotopic (exact) mass is 274 g/mol. The van der Waals surface area contributed by atoms with Crippen LogP contribution in [0.3, 0.4) is 0 Å². The van der Waals surface area contributed by atoms with Crippen LogP contribution < -0.4 is 10.1 Å². The normalized spacial score (nSPS) is 20.5. The summed E-state index contributed by atoms with van der Waals surface area (Å²) in [5.74, 6) is 0.0818. The molecular weight excluding hydrogens is 263 g/mol. The van der Waals surface area contributed by atoms with Crippen molar-refractivity contribution in [1.29, 1.82) is 0 Å². The number of rotatable bonds is 3. The molecule has 1 atom stereocenters. The lowest BCUT2D eigenvalue weighted by atomic mass is 10.2. The Kier molecular flexibility index (Phi) is 3.53. The predicted octanol–water partition coefficient (Wildman–Crippen LogP) is 2.11. The number of hydrogen-bond donors (Lipinski definition) is 1. The second-order valence-corrected chi connectivity index (χ2v) is 4.40. The zero-order valence-corrected chi connectivity index (χ0v) is 9.76. The molecule has 0 spiro atoms. The van der Waals surface area contributed by atoms with Crippen LogP contribution >= 0.6 is 15.9 Å². The van der Waals surface area contributed by atoms with Crippen molar-refractivity contribution in [3.8, 4) is 5.75 Å². The maximum atomic E-state index is 12.8. The quantitative estimate of drug-likeness (QED) is 0.858. The van der Waals surface area contributed by atoms with Crippen molar-refractivity contribution in [2.24, 2.45) is 0 Å². The van der Waals surface area contributed by atoms with Gasteiger partial charge in [0.05, 0.1) is 10.7 Å². The minimum Gasteiger partial charge on any atom is -0.490 e. The molecule has 0 unspecified atom stereocenters. The molecule has 1 aromatic rings. The molecule has 5 heteroatoms. The van der Waals surface area contributed by atoms with Gasteiger partial charge in [-0.3, -0.25) is 0 Å². The van der Waals surface area contributed by atoms with Gasteiger partial charge in [-0.05, 0) is 35.3 Å². The van der Waals surface area contributed by atoms with Crippen LogP contribution in [0.1, 0.15) is 12.8 Å². The second-order valence-electron chi connectivity index (χ2n) is 3.55. The van der Waals surface area contributed by atoms with Crippen LogP contribution in [-0.4, -0.2) is 24.2 Å². The molecule has 0 saturated carbocycles. The molecule has 1 aromatic heterocycles. The molecule has 0 bridgehead atoms. The molecule has 15 heavy (non-hydrogen) atoms. The number of nitrogens with one attached hydrogen (secondary N) is 1. The molecule has 1 fully saturated rings. The Morgan fingerprint density at radius 2 is 2.53 bits per heavy atom. The number of aromatic nitrogens is 1. The van der Waals surface area contributed by atoms with Crippen LogP contribution in [0.15, 0.2) is 16.7 Å². The Labute approximate surface area is 96.2 Å². The molecule has 1 N–H and O–H groups in total. The highest BCUT2D eigenvalue weighted by molar-refractivity contribution is 9.10. The summed E-state index contributed by atoms with van der Waals surface area (Å²) in [6, 6.07) is 2.01. The summed E-state index contributed by atoms with van der Waals surface area (Å²) < 4.78 is 18.7. The van der Waals surface area contributed by atoms with E-state index in [4.69, 9.17) is 4.74 Å². The second kappa shape index (κ2) is 4.90. The molecule has 2 rings (SSSR count). The predicted molar refractivity (Wildman–Crippen MR) is 58.4 cm³/mol. The van der Waals surface area contributed by atoms with Crippen LogP contribution in [0, 0.1) is 5.95 Å². The lowest BCUT2D eigenvalue weighted by Crippen LogP contribution is -2.28. The fraction of sp³-hybridized carbons (Fsp3) is 0.500. The van der Waals surface area contributed by atoms with Crippen molar-refractivity contribution < 1.29 is 9.13 Å². The van der Waals surface area contributed by atoms with E-state index < -0.39 is 5.95 Å². The summed E-state index contributed by atoms with van der Waals surface area (Å²) in [7, 11) is 0. The maximum Gasteiger partial charge on any atom is 0.227 e. The third kappa shape index (κ3) is 2.89. The van der Waals surface area contributed by atoms with E-state index in [1.165, 1.54) is 12.6 Å². The average molecular weight is 275 g/mol. The van der Waals surface area contributed by atoms with Crippen LogP contribution in [0.5, 0.6) is 5.75 Å². The molecule has 1 aliphatic rings. The van der Waals surface area contributed by atoms with Gasteiger partial charge in [-0.2, -0.15) is 4.39 Å². The average Bonchev–Trinajstić information content (AvgIpc) is 2.73. The highest BCUT2D eigenvalue weighted by Crippen LogP contribution is 2.19. The third-order valence-electron chi connectivity index (χ3n) is 2.38. The van der Waals surface area contributed by atoms with E-state index in [9.17, 15) is 4.39 Å². The van der Waals surface area contributed by atoms with Gasteiger partial charge >= 0.3 is 0 Å². The van der Waals surface area contributed by atoms with Gasteiger partial charge in [0.1, 0.15) is 12.4 Å². The molecule has 0 amide bonds. The van der Waals surface area contributed by atoms with E-state index in [1.807, 2.05) is 0 Å². The molecular formula is C10H12BrFN2O. The number of pyridine rings is 1. The van der Waals surface area contributed by atoms with Crippen molar-refractivity contribution in [1.82, 2.24) is 10.3 Å².